The van der Waals surface area contributed by atoms with E-state index in [-0.39, 0.29) is 12.0 Å². The Bertz CT molecular complexity index is 900. The van der Waals surface area contributed by atoms with Gasteiger partial charge in [0.2, 0.25) is 0 Å². The molecule has 2 N–H and O–H groups in total. The third-order valence-corrected chi connectivity index (χ3v) is 6.88. The zero-order valence-corrected chi connectivity index (χ0v) is 18.5. The molecule has 1 aliphatic heterocycles. The molecule has 1 aliphatic carbocycles. The van der Waals surface area contributed by atoms with Crippen molar-refractivity contribution in [1.82, 2.24) is 10.3 Å². The number of H-pyrrole nitrogens is 1. The number of benzene rings is 1. The molecular formula is C25H34N2O4. The first-order valence-electron chi connectivity index (χ1n) is 11.7. The summed E-state index contributed by atoms with van der Waals surface area (Å²) in [6.45, 7) is 1.84. The number of methoxy groups -OCH3 is 1. The predicted molar refractivity (Wildman–Crippen MR) is 120 cm³/mol. The Morgan fingerprint density at radius 3 is 2.71 bits per heavy atom. The van der Waals surface area contributed by atoms with E-state index in [2.05, 4.69) is 10.3 Å². The molecule has 1 aromatic heterocycles. The van der Waals surface area contributed by atoms with Crippen molar-refractivity contribution in [2.24, 2.45) is 11.8 Å². The first-order valence-corrected chi connectivity index (χ1v) is 11.7. The molecule has 2 heterocycles. The van der Waals surface area contributed by atoms with E-state index in [1.165, 1.54) is 32.1 Å². The zero-order chi connectivity index (χ0) is 21.6. The number of ether oxygens (including phenoxy) is 2. The number of fused-ring (bicyclic) bond motifs is 1. The Morgan fingerprint density at radius 2 is 1.90 bits per heavy atom. The van der Waals surface area contributed by atoms with Gasteiger partial charge in [0.1, 0.15) is 5.69 Å². The number of carbonyl (C=O) groups excluding carboxylic acids is 2. The molecule has 6 heteroatoms. The van der Waals surface area contributed by atoms with Crippen LogP contribution in [0.25, 0.3) is 10.9 Å². The lowest BCUT2D eigenvalue weighted by Gasteiger charge is -2.30. The van der Waals surface area contributed by atoms with Crippen LogP contribution in [0, 0.1) is 11.8 Å². The minimum Gasteiger partial charge on any atom is -0.461 e. The molecule has 0 radical (unpaired) electrons. The Morgan fingerprint density at radius 1 is 1.06 bits per heavy atom. The average Bonchev–Trinajstić information content (AvgIpc) is 3.44. The van der Waals surface area contributed by atoms with E-state index in [1.807, 2.05) is 18.2 Å². The Labute approximate surface area is 184 Å². The van der Waals surface area contributed by atoms with E-state index in [9.17, 15) is 9.59 Å². The second kappa shape index (κ2) is 10.4. The molecule has 1 saturated carbocycles. The maximum Gasteiger partial charge on any atom is 0.354 e. The highest BCUT2D eigenvalue weighted by Crippen LogP contribution is 2.36. The summed E-state index contributed by atoms with van der Waals surface area (Å²) in [4.78, 5) is 28.5. The van der Waals surface area contributed by atoms with Crippen molar-refractivity contribution in [2.75, 3.05) is 26.9 Å². The Balaban J connectivity index is 1.39. The number of hydrogen-bond acceptors (Lipinski definition) is 5. The Hall–Kier alpha value is -2.18. The van der Waals surface area contributed by atoms with E-state index < -0.39 is 0 Å². The minimum absolute atomic E-state index is 0.0114. The number of Topliss-reactive ketones (excluding diaryl/α,β-unsaturated/α-hetero) is 1. The van der Waals surface area contributed by atoms with Gasteiger partial charge in [-0.3, -0.25) is 4.79 Å². The number of carbonyl (C=O) groups is 2. The van der Waals surface area contributed by atoms with Crippen molar-refractivity contribution >= 4 is 22.7 Å². The number of aromatic amines is 1. The summed E-state index contributed by atoms with van der Waals surface area (Å²) in [7, 11) is 1.63. The van der Waals surface area contributed by atoms with Gasteiger partial charge in [-0.05, 0) is 48.6 Å². The smallest absolute Gasteiger partial charge is 0.354 e. The maximum atomic E-state index is 13.1. The molecule has 0 amide bonds. The van der Waals surface area contributed by atoms with Gasteiger partial charge in [0.05, 0.1) is 12.6 Å². The largest absolute Gasteiger partial charge is 0.461 e. The summed E-state index contributed by atoms with van der Waals surface area (Å²) >= 11 is 0. The monoisotopic (exact) mass is 426 g/mol. The highest BCUT2D eigenvalue weighted by Gasteiger charge is 2.37. The molecule has 2 aromatic rings. The lowest BCUT2D eigenvalue weighted by Crippen LogP contribution is -2.40. The van der Waals surface area contributed by atoms with Gasteiger partial charge in [-0.15, -0.1) is 0 Å². The molecule has 2 fully saturated rings. The quantitative estimate of drug-likeness (QED) is 0.467. The summed E-state index contributed by atoms with van der Waals surface area (Å²) < 4.78 is 10.2. The summed E-state index contributed by atoms with van der Waals surface area (Å²) in [6, 6.07) is 7.73. The molecule has 1 saturated heterocycles. The van der Waals surface area contributed by atoms with E-state index in [0.717, 1.165) is 29.4 Å². The normalized spacial score (nSPS) is 22.1. The van der Waals surface area contributed by atoms with E-state index in [4.69, 9.17) is 9.47 Å². The molecule has 0 spiro atoms. The van der Waals surface area contributed by atoms with Gasteiger partial charge >= 0.3 is 5.97 Å². The summed E-state index contributed by atoms with van der Waals surface area (Å²) in [5.41, 5.74) is 2.30. The van der Waals surface area contributed by atoms with Gasteiger partial charge in [-0.2, -0.15) is 0 Å². The first-order chi connectivity index (χ1) is 15.2. The molecule has 0 bridgehead atoms. The van der Waals surface area contributed by atoms with Crippen molar-refractivity contribution < 1.29 is 19.1 Å². The topological polar surface area (TPSA) is 80.4 Å². The van der Waals surface area contributed by atoms with Crippen LogP contribution >= 0.6 is 0 Å². The van der Waals surface area contributed by atoms with Gasteiger partial charge in [-0.25, -0.2) is 4.79 Å². The van der Waals surface area contributed by atoms with Crippen LogP contribution in [-0.2, 0) is 20.7 Å². The molecule has 168 valence electrons. The summed E-state index contributed by atoms with van der Waals surface area (Å²) in [6.07, 6.45) is 8.73. The molecular weight excluding hydrogens is 392 g/mol. The predicted octanol–water partition coefficient (Wildman–Crippen LogP) is 4.03. The fraction of sp³-hybridized carbons (Fsp3) is 0.600. The highest BCUT2D eigenvalue weighted by atomic mass is 16.5. The lowest BCUT2D eigenvalue weighted by atomic mass is 9.75. The molecule has 31 heavy (non-hydrogen) atoms. The number of esters is 1. The molecule has 6 nitrogen and oxygen atoms in total. The van der Waals surface area contributed by atoms with E-state index in [1.54, 1.807) is 13.2 Å². The van der Waals surface area contributed by atoms with E-state index >= 15 is 0 Å². The van der Waals surface area contributed by atoms with Crippen molar-refractivity contribution in [1.29, 1.82) is 0 Å². The minimum atomic E-state index is -0.365. The lowest BCUT2D eigenvalue weighted by molar-refractivity contribution is -0.121. The fourth-order valence-corrected chi connectivity index (χ4v) is 5.31. The molecule has 0 unspecified atom stereocenters. The van der Waals surface area contributed by atoms with Crippen LogP contribution in [0.15, 0.2) is 24.3 Å². The molecule has 2 atom stereocenters. The van der Waals surface area contributed by atoms with Gasteiger partial charge in [0.25, 0.3) is 0 Å². The number of nitrogens with one attached hydrogen (secondary N) is 2. The number of rotatable bonds is 9. The van der Waals surface area contributed by atoms with Crippen molar-refractivity contribution in [3.63, 3.8) is 0 Å². The number of hydrogen-bond donors (Lipinski definition) is 2. The van der Waals surface area contributed by atoms with Crippen LogP contribution in [-0.4, -0.2) is 49.6 Å². The third-order valence-electron chi connectivity index (χ3n) is 6.88. The summed E-state index contributed by atoms with van der Waals surface area (Å²) in [5.74, 6) is 1.11. The third kappa shape index (κ3) is 5.36. The van der Waals surface area contributed by atoms with Crippen LogP contribution in [0.4, 0.5) is 0 Å². The second-order valence-electron chi connectivity index (χ2n) is 9.01. The molecule has 1 aromatic carbocycles. The van der Waals surface area contributed by atoms with Gasteiger partial charge < -0.3 is 19.8 Å². The van der Waals surface area contributed by atoms with Crippen LogP contribution in [0.2, 0.25) is 0 Å². The van der Waals surface area contributed by atoms with Crippen LogP contribution < -0.4 is 5.32 Å². The van der Waals surface area contributed by atoms with Gasteiger partial charge in [0.15, 0.2) is 5.78 Å². The maximum absolute atomic E-state index is 13.1. The average molecular weight is 427 g/mol. The van der Waals surface area contributed by atoms with E-state index in [0.29, 0.717) is 49.4 Å². The van der Waals surface area contributed by atoms with Crippen molar-refractivity contribution in [3.8, 4) is 0 Å². The SMILES string of the molecule is COCCCOC(=O)c1cc2cc(CC(=O)[C@H]3NCC[C@H]3C3CCCCC3)ccc2[nH]1. The van der Waals surface area contributed by atoms with Gasteiger partial charge in [-0.1, -0.05) is 38.2 Å². The van der Waals surface area contributed by atoms with Crippen molar-refractivity contribution in [2.45, 2.75) is 57.4 Å². The first kappa shape index (κ1) is 22.0. The zero-order valence-electron chi connectivity index (χ0n) is 18.5. The standard InChI is InChI=1S/C25H34N2O4/c1-30-12-5-13-31-25(29)22-16-19-14-17(8-9-21(19)27-22)15-23(28)24-20(10-11-26-24)18-6-3-2-4-7-18/h8-9,14,16,18,20,24,26-27H,2-7,10-13,15H2,1H3/t20-,24-/m0/s1. The summed E-state index contributed by atoms with van der Waals surface area (Å²) in [5, 5.41) is 4.41. The number of aromatic nitrogens is 1. The fourth-order valence-electron chi connectivity index (χ4n) is 5.31. The van der Waals surface area contributed by atoms with Crippen molar-refractivity contribution in [3.05, 3.63) is 35.5 Å². The molecule has 2 aliphatic rings. The molecule has 4 rings (SSSR count). The number of ketones is 1. The van der Waals surface area contributed by atoms with Crippen LogP contribution in [0.5, 0.6) is 0 Å². The van der Waals surface area contributed by atoms with Gasteiger partial charge in [0, 0.05) is 37.5 Å². The van der Waals surface area contributed by atoms with Crippen LogP contribution in [0.3, 0.4) is 0 Å². The second-order valence-corrected chi connectivity index (χ2v) is 9.01. The van der Waals surface area contributed by atoms with Crippen LogP contribution in [0.1, 0.15) is 61.0 Å². The highest BCUT2D eigenvalue weighted by molar-refractivity contribution is 5.95. The Kier molecular flexibility index (Phi) is 7.41.